The summed E-state index contributed by atoms with van der Waals surface area (Å²) in [5.41, 5.74) is 0. The van der Waals surface area contributed by atoms with Crippen molar-refractivity contribution in [3.63, 3.8) is 0 Å². The van der Waals surface area contributed by atoms with Crippen LogP contribution in [-0.4, -0.2) is 35.5 Å². The largest absolute Gasteiger partial charge is 0.481 e. The molecule has 1 N–H and O–H groups in total. The molecule has 1 rings (SSSR count). The monoisotopic (exact) mass is 225 g/mol. The summed E-state index contributed by atoms with van der Waals surface area (Å²) < 4.78 is 0. The number of hydrogen-bond acceptors (Lipinski definition) is 2. The normalized spacial score (nSPS) is 28.8. The summed E-state index contributed by atoms with van der Waals surface area (Å²) in [4.78, 5) is 24.6. The number of rotatable bonds is 4. The van der Waals surface area contributed by atoms with E-state index in [1.165, 1.54) is 0 Å². The number of carbonyl (C=O) groups is 2. The van der Waals surface area contributed by atoms with Gasteiger partial charge in [0.2, 0.25) is 5.91 Å². The maximum Gasteiger partial charge on any atom is 0.307 e. The van der Waals surface area contributed by atoms with E-state index in [2.05, 4.69) is 6.58 Å². The van der Waals surface area contributed by atoms with Crippen LogP contribution in [0, 0.1) is 17.8 Å². The van der Waals surface area contributed by atoms with Gasteiger partial charge in [-0.2, -0.15) is 0 Å². The molecule has 0 aliphatic heterocycles. The van der Waals surface area contributed by atoms with Crippen molar-refractivity contribution in [1.29, 1.82) is 0 Å². The smallest absolute Gasteiger partial charge is 0.307 e. The van der Waals surface area contributed by atoms with Gasteiger partial charge in [0.25, 0.3) is 0 Å². The number of carboxylic acids is 1. The van der Waals surface area contributed by atoms with Crippen LogP contribution in [0.1, 0.15) is 19.8 Å². The number of amides is 1. The van der Waals surface area contributed by atoms with E-state index in [9.17, 15) is 9.59 Å². The highest BCUT2D eigenvalue weighted by Gasteiger charge is 2.41. The van der Waals surface area contributed by atoms with Gasteiger partial charge < -0.3 is 10.0 Å². The molecule has 0 radical (unpaired) electrons. The van der Waals surface area contributed by atoms with Gasteiger partial charge in [0.05, 0.1) is 11.8 Å². The molecule has 1 aliphatic rings. The van der Waals surface area contributed by atoms with Crippen LogP contribution in [0.2, 0.25) is 0 Å². The van der Waals surface area contributed by atoms with E-state index in [1.807, 2.05) is 6.92 Å². The first-order chi connectivity index (χ1) is 7.47. The molecule has 1 aliphatic carbocycles. The van der Waals surface area contributed by atoms with Crippen LogP contribution in [0.15, 0.2) is 12.7 Å². The quantitative estimate of drug-likeness (QED) is 0.735. The van der Waals surface area contributed by atoms with Crippen LogP contribution >= 0.6 is 0 Å². The fourth-order valence-corrected chi connectivity index (χ4v) is 2.40. The molecule has 0 aromatic rings. The SMILES string of the molecule is C=CCN(C)C(=O)C1CC(C)CC1C(=O)O. The molecule has 0 heterocycles. The lowest BCUT2D eigenvalue weighted by molar-refractivity contribution is -0.148. The highest BCUT2D eigenvalue weighted by Crippen LogP contribution is 2.37. The van der Waals surface area contributed by atoms with Crippen LogP contribution in [0.25, 0.3) is 0 Å². The Labute approximate surface area is 95.9 Å². The number of carboxylic acid groups (broad SMARTS) is 1. The van der Waals surface area contributed by atoms with Gasteiger partial charge in [-0.25, -0.2) is 0 Å². The fourth-order valence-electron chi connectivity index (χ4n) is 2.40. The third kappa shape index (κ3) is 2.62. The molecule has 4 heteroatoms. The van der Waals surface area contributed by atoms with E-state index in [-0.39, 0.29) is 11.8 Å². The van der Waals surface area contributed by atoms with Gasteiger partial charge in [-0.3, -0.25) is 9.59 Å². The minimum atomic E-state index is -0.852. The van der Waals surface area contributed by atoms with Gasteiger partial charge >= 0.3 is 5.97 Å². The predicted molar refractivity (Wildman–Crippen MR) is 60.8 cm³/mol. The second-order valence-corrected chi connectivity index (χ2v) is 4.64. The number of nitrogens with zero attached hydrogens (tertiary/aromatic N) is 1. The molecule has 3 atom stereocenters. The lowest BCUT2D eigenvalue weighted by Crippen LogP contribution is -2.36. The van der Waals surface area contributed by atoms with E-state index < -0.39 is 11.9 Å². The van der Waals surface area contributed by atoms with Crippen molar-refractivity contribution in [3.8, 4) is 0 Å². The lowest BCUT2D eigenvalue weighted by atomic mass is 9.95. The zero-order valence-electron chi connectivity index (χ0n) is 9.85. The molecule has 16 heavy (non-hydrogen) atoms. The van der Waals surface area contributed by atoms with Crippen molar-refractivity contribution in [2.75, 3.05) is 13.6 Å². The Morgan fingerprint density at radius 3 is 2.50 bits per heavy atom. The summed E-state index contributed by atoms with van der Waals surface area (Å²) in [6.07, 6.45) is 2.93. The zero-order chi connectivity index (χ0) is 12.3. The Kier molecular flexibility index (Phi) is 4.10. The van der Waals surface area contributed by atoms with E-state index in [1.54, 1.807) is 18.0 Å². The first kappa shape index (κ1) is 12.7. The lowest BCUT2D eigenvalue weighted by Gasteiger charge is -2.22. The number of carbonyl (C=O) groups excluding carboxylic acids is 1. The second-order valence-electron chi connectivity index (χ2n) is 4.64. The summed E-state index contributed by atoms with van der Waals surface area (Å²) >= 11 is 0. The van der Waals surface area contributed by atoms with Crippen molar-refractivity contribution < 1.29 is 14.7 Å². The van der Waals surface area contributed by atoms with Crippen LogP contribution in [-0.2, 0) is 9.59 Å². The Morgan fingerprint density at radius 2 is 2.00 bits per heavy atom. The van der Waals surface area contributed by atoms with E-state index in [4.69, 9.17) is 5.11 Å². The molecule has 90 valence electrons. The number of hydrogen-bond donors (Lipinski definition) is 1. The Morgan fingerprint density at radius 1 is 1.44 bits per heavy atom. The standard InChI is InChI=1S/C12H19NO3/c1-4-5-13(3)11(14)9-6-8(2)7-10(9)12(15)16/h4,8-10H,1,5-7H2,2-3H3,(H,15,16). The molecule has 1 saturated carbocycles. The van der Waals surface area contributed by atoms with Gasteiger partial charge in [-0.15, -0.1) is 6.58 Å². The van der Waals surface area contributed by atoms with Crippen LogP contribution in [0.5, 0.6) is 0 Å². The predicted octanol–water partition coefficient (Wildman–Crippen LogP) is 1.38. The molecular formula is C12H19NO3. The third-order valence-electron chi connectivity index (χ3n) is 3.21. The average molecular weight is 225 g/mol. The third-order valence-corrected chi connectivity index (χ3v) is 3.21. The van der Waals surface area contributed by atoms with Crippen molar-refractivity contribution in [2.45, 2.75) is 19.8 Å². The Hall–Kier alpha value is -1.32. The fraction of sp³-hybridized carbons (Fsp3) is 0.667. The Bertz CT molecular complexity index is 301. The van der Waals surface area contributed by atoms with Gasteiger partial charge in [0.15, 0.2) is 0 Å². The van der Waals surface area contributed by atoms with E-state index in [0.29, 0.717) is 25.3 Å². The van der Waals surface area contributed by atoms with Crippen molar-refractivity contribution in [2.24, 2.45) is 17.8 Å². The maximum atomic E-state index is 12.0. The summed E-state index contributed by atoms with van der Waals surface area (Å²) in [5.74, 6) is -1.49. The van der Waals surface area contributed by atoms with Crippen molar-refractivity contribution in [3.05, 3.63) is 12.7 Å². The van der Waals surface area contributed by atoms with Crippen molar-refractivity contribution >= 4 is 11.9 Å². The second kappa shape index (κ2) is 5.14. The van der Waals surface area contributed by atoms with Gasteiger partial charge in [0, 0.05) is 13.6 Å². The van der Waals surface area contributed by atoms with E-state index >= 15 is 0 Å². The Balaban J connectivity index is 2.73. The van der Waals surface area contributed by atoms with Crippen molar-refractivity contribution in [1.82, 2.24) is 4.90 Å². The highest BCUT2D eigenvalue weighted by molar-refractivity contribution is 5.85. The number of aliphatic carboxylic acids is 1. The van der Waals surface area contributed by atoms with E-state index in [0.717, 1.165) is 0 Å². The zero-order valence-corrected chi connectivity index (χ0v) is 9.85. The minimum absolute atomic E-state index is 0.0725. The molecule has 0 spiro atoms. The molecule has 1 amide bonds. The van der Waals surface area contributed by atoms with Crippen LogP contribution < -0.4 is 0 Å². The molecule has 0 bridgehead atoms. The topological polar surface area (TPSA) is 57.6 Å². The first-order valence-electron chi connectivity index (χ1n) is 5.56. The minimum Gasteiger partial charge on any atom is -0.481 e. The molecule has 0 aromatic heterocycles. The average Bonchev–Trinajstić information content (AvgIpc) is 2.59. The molecular weight excluding hydrogens is 206 g/mol. The maximum absolute atomic E-state index is 12.0. The molecule has 0 saturated heterocycles. The van der Waals surface area contributed by atoms with Gasteiger partial charge in [0.1, 0.15) is 0 Å². The molecule has 4 nitrogen and oxygen atoms in total. The summed E-state index contributed by atoms with van der Waals surface area (Å²) in [7, 11) is 1.69. The molecule has 3 unspecified atom stereocenters. The molecule has 0 aromatic carbocycles. The number of likely N-dealkylation sites (N-methyl/N-ethyl adjacent to an activating group) is 1. The van der Waals surface area contributed by atoms with Crippen LogP contribution in [0.3, 0.4) is 0 Å². The highest BCUT2D eigenvalue weighted by atomic mass is 16.4. The van der Waals surface area contributed by atoms with Gasteiger partial charge in [-0.05, 0) is 18.8 Å². The van der Waals surface area contributed by atoms with Gasteiger partial charge in [-0.1, -0.05) is 13.0 Å². The summed E-state index contributed by atoms with van der Waals surface area (Å²) in [6.45, 7) is 6.03. The molecule has 1 fully saturated rings. The first-order valence-corrected chi connectivity index (χ1v) is 5.56. The summed E-state index contributed by atoms with van der Waals surface area (Å²) in [6, 6.07) is 0. The van der Waals surface area contributed by atoms with Crippen LogP contribution in [0.4, 0.5) is 0 Å². The summed E-state index contributed by atoms with van der Waals surface area (Å²) in [5, 5.41) is 9.07.